The molecule has 2 aromatic rings. The van der Waals surface area contributed by atoms with Crippen molar-refractivity contribution in [1.82, 2.24) is 19.8 Å². The second-order valence-corrected chi connectivity index (χ2v) is 8.94. The lowest BCUT2D eigenvalue weighted by Crippen LogP contribution is -2.54. The molecule has 3 rings (SSSR count). The van der Waals surface area contributed by atoms with Gasteiger partial charge < -0.3 is 15.5 Å². The van der Waals surface area contributed by atoms with Crippen molar-refractivity contribution in [2.45, 2.75) is 57.8 Å². The number of hydrogen-bond acceptors (Lipinski definition) is 6. The van der Waals surface area contributed by atoms with Crippen LogP contribution in [0, 0.1) is 5.92 Å². The average Bonchev–Trinajstić information content (AvgIpc) is 3.47. The molecule has 12 heteroatoms. The molecule has 0 unspecified atom stereocenters. The summed E-state index contributed by atoms with van der Waals surface area (Å²) >= 11 is 0.967. The Morgan fingerprint density at radius 2 is 1.94 bits per heavy atom. The van der Waals surface area contributed by atoms with Crippen LogP contribution in [0.25, 0.3) is 11.3 Å². The smallest absolute Gasteiger partial charge is 0.344 e. The topological polar surface area (TPSA) is 104 Å². The van der Waals surface area contributed by atoms with Gasteiger partial charge in [-0.2, -0.15) is 13.2 Å². The van der Waals surface area contributed by atoms with Gasteiger partial charge in [-0.25, -0.2) is 0 Å². The summed E-state index contributed by atoms with van der Waals surface area (Å²) in [5.74, 6) is -2.63. The number of aromatic nitrogens is 2. The molecule has 1 fully saturated rings. The van der Waals surface area contributed by atoms with Gasteiger partial charge in [-0.15, -0.1) is 5.10 Å². The van der Waals surface area contributed by atoms with E-state index in [1.165, 1.54) is 0 Å². The van der Waals surface area contributed by atoms with Crippen molar-refractivity contribution in [3.8, 4) is 11.3 Å². The number of carbonyl (C=O) groups excluding carboxylic acids is 3. The van der Waals surface area contributed by atoms with Crippen LogP contribution in [-0.2, 0) is 14.4 Å². The average molecular weight is 498 g/mol. The summed E-state index contributed by atoms with van der Waals surface area (Å²) < 4.78 is 43.4. The highest BCUT2D eigenvalue weighted by Crippen LogP contribution is 2.30. The number of hydrogen-bond donors (Lipinski definition) is 2. The van der Waals surface area contributed by atoms with Crippen LogP contribution in [0.2, 0.25) is 0 Å². The van der Waals surface area contributed by atoms with Gasteiger partial charge in [0.15, 0.2) is 0 Å². The molecule has 184 valence electrons. The molecule has 1 aliphatic heterocycles. The Morgan fingerprint density at radius 1 is 1.24 bits per heavy atom. The molecule has 2 heterocycles. The van der Waals surface area contributed by atoms with E-state index in [2.05, 4.69) is 20.2 Å². The number of benzene rings is 1. The van der Waals surface area contributed by atoms with Gasteiger partial charge >= 0.3 is 6.18 Å². The van der Waals surface area contributed by atoms with E-state index < -0.39 is 48.3 Å². The number of rotatable bonds is 8. The molecule has 3 atom stereocenters. The second kappa shape index (κ2) is 10.9. The summed E-state index contributed by atoms with van der Waals surface area (Å²) in [6.07, 6.45) is -5.01. The summed E-state index contributed by atoms with van der Waals surface area (Å²) in [7, 11) is 0. The molecular formula is C22H26F3N5O3S. The third-order valence-corrected chi connectivity index (χ3v) is 6.36. The molecule has 1 saturated heterocycles. The van der Waals surface area contributed by atoms with E-state index in [0.717, 1.165) is 22.0 Å². The lowest BCUT2D eigenvalue weighted by molar-refractivity contribution is -0.157. The van der Waals surface area contributed by atoms with E-state index in [9.17, 15) is 27.6 Å². The lowest BCUT2D eigenvalue weighted by Gasteiger charge is -2.29. The first-order valence-corrected chi connectivity index (χ1v) is 11.7. The Morgan fingerprint density at radius 3 is 2.59 bits per heavy atom. The minimum Gasteiger partial charge on any atom is -0.344 e. The van der Waals surface area contributed by atoms with Crippen LogP contribution in [0.5, 0.6) is 0 Å². The predicted octanol–water partition coefficient (Wildman–Crippen LogP) is 3.62. The van der Waals surface area contributed by atoms with Crippen LogP contribution in [0.4, 0.5) is 18.2 Å². The normalized spacial score (nSPS) is 17.8. The number of nitrogens with one attached hydrogen (secondary N) is 2. The highest BCUT2D eigenvalue weighted by molar-refractivity contribution is 7.10. The van der Waals surface area contributed by atoms with Gasteiger partial charge in [0.1, 0.15) is 22.8 Å². The van der Waals surface area contributed by atoms with E-state index in [0.29, 0.717) is 30.0 Å². The molecule has 3 amide bonds. The Balaban J connectivity index is 1.76. The molecule has 1 aromatic heterocycles. The van der Waals surface area contributed by atoms with Gasteiger partial charge in [-0.3, -0.25) is 14.4 Å². The highest BCUT2D eigenvalue weighted by atomic mass is 32.1. The number of anilines is 1. The first-order valence-electron chi connectivity index (χ1n) is 11.0. The summed E-state index contributed by atoms with van der Waals surface area (Å²) in [5, 5.41) is 9.39. The van der Waals surface area contributed by atoms with Gasteiger partial charge in [0.05, 0.1) is 6.42 Å². The largest absolute Gasteiger partial charge is 0.391 e. The number of likely N-dealkylation sites (tertiary alicyclic amines) is 1. The molecule has 34 heavy (non-hydrogen) atoms. The Labute approximate surface area is 199 Å². The monoisotopic (exact) mass is 497 g/mol. The molecule has 0 aliphatic carbocycles. The molecule has 1 aromatic carbocycles. The van der Waals surface area contributed by atoms with Crippen LogP contribution >= 0.6 is 11.5 Å². The molecule has 0 saturated carbocycles. The minimum absolute atomic E-state index is 0.122. The first-order chi connectivity index (χ1) is 16.1. The molecule has 8 nitrogen and oxygen atoms in total. The summed E-state index contributed by atoms with van der Waals surface area (Å²) in [5.41, 5.74) is 1.20. The zero-order chi connectivity index (χ0) is 24.9. The van der Waals surface area contributed by atoms with Crippen molar-refractivity contribution < 1.29 is 27.6 Å². The minimum atomic E-state index is -4.67. The van der Waals surface area contributed by atoms with E-state index in [-0.39, 0.29) is 6.54 Å². The molecular weight excluding hydrogens is 471 g/mol. The van der Waals surface area contributed by atoms with Gasteiger partial charge in [-0.05, 0) is 19.3 Å². The number of nitrogens with zero attached hydrogens (tertiary/aromatic N) is 3. The third-order valence-electron chi connectivity index (χ3n) is 5.72. The highest BCUT2D eigenvalue weighted by Gasteiger charge is 2.42. The Bertz CT molecular complexity index is 1010. The Kier molecular flexibility index (Phi) is 8.24. The summed E-state index contributed by atoms with van der Waals surface area (Å²) in [6, 6.07) is 6.31. The van der Waals surface area contributed by atoms with Gasteiger partial charge in [0, 0.05) is 29.6 Å². The van der Waals surface area contributed by atoms with Crippen LogP contribution in [0.3, 0.4) is 0 Å². The summed E-state index contributed by atoms with van der Waals surface area (Å²) in [4.78, 5) is 39.5. The molecule has 0 bridgehead atoms. The maximum absolute atomic E-state index is 13.2. The van der Waals surface area contributed by atoms with Gasteiger partial charge in [0.2, 0.25) is 17.7 Å². The van der Waals surface area contributed by atoms with Crippen LogP contribution in [-0.4, -0.2) is 57.0 Å². The third kappa shape index (κ3) is 6.31. The maximum atomic E-state index is 13.2. The fraction of sp³-hybridized carbons (Fsp3) is 0.500. The number of halogens is 3. The molecule has 2 N–H and O–H groups in total. The van der Waals surface area contributed by atoms with E-state index in [1.54, 1.807) is 26.0 Å². The van der Waals surface area contributed by atoms with Crippen LogP contribution < -0.4 is 10.6 Å². The van der Waals surface area contributed by atoms with Gasteiger partial charge in [0.25, 0.3) is 0 Å². The van der Waals surface area contributed by atoms with Crippen molar-refractivity contribution in [2.24, 2.45) is 5.92 Å². The maximum Gasteiger partial charge on any atom is 0.391 e. The zero-order valence-corrected chi connectivity index (χ0v) is 19.6. The van der Waals surface area contributed by atoms with E-state index in [4.69, 9.17) is 0 Å². The fourth-order valence-corrected chi connectivity index (χ4v) is 4.28. The quantitative estimate of drug-likeness (QED) is 0.580. The van der Waals surface area contributed by atoms with Crippen molar-refractivity contribution >= 4 is 34.3 Å². The van der Waals surface area contributed by atoms with Gasteiger partial charge in [-0.1, -0.05) is 48.7 Å². The van der Waals surface area contributed by atoms with Crippen molar-refractivity contribution in [3.05, 3.63) is 30.3 Å². The van der Waals surface area contributed by atoms with Crippen molar-refractivity contribution in [3.63, 3.8) is 0 Å². The zero-order valence-electron chi connectivity index (χ0n) is 18.8. The summed E-state index contributed by atoms with van der Waals surface area (Å²) in [6.45, 7) is 3.42. The molecule has 0 radical (unpaired) electrons. The molecule has 0 spiro atoms. The number of amides is 3. The SMILES string of the molecule is CC[C@@H](C)C(=O)N[C@@H](CC(F)(F)F)C(=O)N1CCC[C@H]1C(=O)Nc1snnc1-c1ccccc1. The standard InChI is InChI=1S/C22H26F3N5O3S/c1-3-13(2)18(31)26-15(12-22(23,24)25)21(33)30-11-7-10-16(30)19(32)27-20-17(28-29-34-20)14-8-5-4-6-9-14/h4-6,8-9,13,15-16H,3,7,10-12H2,1-2H3,(H,26,31)(H,27,32)/t13-,15+,16+/m1/s1. The fourth-order valence-electron chi connectivity index (χ4n) is 3.69. The number of carbonyl (C=O) groups is 3. The van der Waals surface area contributed by atoms with Crippen LogP contribution in [0.15, 0.2) is 30.3 Å². The first kappa shape index (κ1) is 25.6. The lowest BCUT2D eigenvalue weighted by atomic mass is 10.1. The van der Waals surface area contributed by atoms with Crippen molar-refractivity contribution in [2.75, 3.05) is 11.9 Å². The van der Waals surface area contributed by atoms with Crippen LogP contribution in [0.1, 0.15) is 39.5 Å². The number of alkyl halides is 3. The van der Waals surface area contributed by atoms with E-state index in [1.807, 2.05) is 18.2 Å². The van der Waals surface area contributed by atoms with E-state index >= 15 is 0 Å². The Hall–Kier alpha value is -3.02. The van der Waals surface area contributed by atoms with Crippen molar-refractivity contribution in [1.29, 1.82) is 0 Å². The predicted molar refractivity (Wildman–Crippen MR) is 121 cm³/mol. The second-order valence-electron chi connectivity index (χ2n) is 8.19. The molecule has 1 aliphatic rings.